The quantitative estimate of drug-likeness (QED) is 0.0263. The number of carbonyl (C=O) groups is 3. The largest absolute Gasteiger partial charge is 0.462 e. The van der Waals surface area contributed by atoms with Gasteiger partial charge in [0.1, 0.15) is 13.2 Å². The molecule has 6 nitrogen and oxygen atoms in total. The van der Waals surface area contributed by atoms with Crippen LogP contribution in [0.4, 0.5) is 0 Å². The minimum atomic E-state index is -0.777. The van der Waals surface area contributed by atoms with E-state index >= 15 is 0 Å². The number of ether oxygens (including phenoxy) is 3. The van der Waals surface area contributed by atoms with Crippen LogP contribution in [0.3, 0.4) is 0 Å². The predicted molar refractivity (Wildman–Crippen MR) is 256 cm³/mol. The van der Waals surface area contributed by atoms with Crippen LogP contribution < -0.4 is 0 Å². The van der Waals surface area contributed by atoms with E-state index in [0.29, 0.717) is 19.3 Å². The van der Waals surface area contributed by atoms with E-state index in [9.17, 15) is 14.4 Å². The molecule has 60 heavy (non-hydrogen) atoms. The normalized spacial score (nSPS) is 12.1. The van der Waals surface area contributed by atoms with Gasteiger partial charge in [0.15, 0.2) is 6.10 Å². The lowest BCUT2D eigenvalue weighted by atomic mass is 10.1. The fraction of sp³-hybridized carbons (Fsp3) is 0.870. The van der Waals surface area contributed by atoms with Gasteiger partial charge in [0, 0.05) is 19.3 Å². The molecule has 1 unspecified atom stereocenters. The molecule has 0 aliphatic heterocycles. The van der Waals surface area contributed by atoms with E-state index in [1.807, 2.05) is 0 Å². The molecule has 352 valence electrons. The van der Waals surface area contributed by atoms with Crippen molar-refractivity contribution in [3.8, 4) is 0 Å². The molecule has 0 radical (unpaired) electrons. The Bertz CT molecular complexity index is 973. The average molecular weight is 845 g/mol. The third-order valence-electron chi connectivity index (χ3n) is 11.7. The number of rotatable bonds is 48. The Morgan fingerprint density at radius 3 is 0.850 bits per heavy atom. The van der Waals surface area contributed by atoms with Crippen LogP contribution >= 0.6 is 0 Å². The zero-order chi connectivity index (χ0) is 43.7. The maximum absolute atomic E-state index is 12.8. The lowest BCUT2D eigenvalue weighted by Gasteiger charge is -2.18. The highest BCUT2D eigenvalue weighted by molar-refractivity contribution is 5.71. The van der Waals surface area contributed by atoms with E-state index in [2.05, 4.69) is 45.1 Å². The third-order valence-corrected chi connectivity index (χ3v) is 11.7. The second-order valence-electron chi connectivity index (χ2n) is 17.8. The number of allylic oxidation sites excluding steroid dienone is 4. The van der Waals surface area contributed by atoms with Crippen molar-refractivity contribution >= 4 is 17.9 Å². The number of esters is 3. The topological polar surface area (TPSA) is 78.9 Å². The summed E-state index contributed by atoms with van der Waals surface area (Å²) in [6.45, 7) is 6.63. The Labute approximate surface area is 373 Å². The van der Waals surface area contributed by atoms with Crippen molar-refractivity contribution in [3.05, 3.63) is 24.3 Å². The predicted octanol–water partition coefficient (Wildman–Crippen LogP) is 17.2. The smallest absolute Gasteiger partial charge is 0.306 e. The molecule has 0 rings (SSSR count). The number of hydrogen-bond acceptors (Lipinski definition) is 6. The first kappa shape index (κ1) is 57.9. The van der Waals surface area contributed by atoms with Gasteiger partial charge in [-0.25, -0.2) is 0 Å². The fourth-order valence-corrected chi connectivity index (χ4v) is 7.67. The standard InChI is InChI=1S/C54H100O6/c1-4-7-10-13-16-19-22-24-25-26-27-28-30-32-35-38-41-44-47-53(56)59-50-51(49-58-52(55)46-43-40-37-34-31-21-18-15-12-9-6-3)60-54(57)48-45-42-39-36-33-29-23-20-17-14-11-8-5-2/h27-29,33,51H,4-26,30-32,34-50H2,1-3H3/b28-27-,33-29-. The van der Waals surface area contributed by atoms with E-state index in [1.165, 1.54) is 167 Å². The first-order valence-electron chi connectivity index (χ1n) is 26.3. The van der Waals surface area contributed by atoms with Crippen LogP contribution in [0.25, 0.3) is 0 Å². The van der Waals surface area contributed by atoms with Crippen LogP contribution in [0.1, 0.15) is 284 Å². The zero-order valence-electron chi connectivity index (χ0n) is 40.2. The minimum absolute atomic E-state index is 0.0765. The second-order valence-corrected chi connectivity index (χ2v) is 17.8. The molecular formula is C54H100O6. The van der Waals surface area contributed by atoms with Crippen molar-refractivity contribution < 1.29 is 28.6 Å². The Kier molecular flexibility index (Phi) is 47.8. The fourth-order valence-electron chi connectivity index (χ4n) is 7.67. The van der Waals surface area contributed by atoms with Crippen LogP contribution in [0.5, 0.6) is 0 Å². The molecule has 0 aliphatic rings. The SMILES string of the molecule is CCCCCCCC/C=C\CCCCCC(=O)OC(COC(=O)CCCCCCC/C=C\CCCCCCCCCCC)COC(=O)CCCCCCCCCCCCC. The van der Waals surface area contributed by atoms with Crippen LogP contribution in [0, 0.1) is 0 Å². The molecule has 0 aromatic carbocycles. The van der Waals surface area contributed by atoms with Gasteiger partial charge in [-0.1, -0.05) is 218 Å². The highest BCUT2D eigenvalue weighted by atomic mass is 16.6. The van der Waals surface area contributed by atoms with Crippen molar-refractivity contribution in [1.29, 1.82) is 0 Å². The Morgan fingerprint density at radius 1 is 0.317 bits per heavy atom. The Hall–Kier alpha value is -2.11. The lowest BCUT2D eigenvalue weighted by Crippen LogP contribution is -2.30. The molecule has 6 heteroatoms. The molecule has 1 atom stereocenters. The minimum Gasteiger partial charge on any atom is -0.462 e. The molecule has 0 N–H and O–H groups in total. The summed E-state index contributed by atoms with van der Waals surface area (Å²) in [6, 6.07) is 0. The van der Waals surface area contributed by atoms with Crippen LogP contribution in [0.15, 0.2) is 24.3 Å². The van der Waals surface area contributed by atoms with E-state index in [-0.39, 0.29) is 31.1 Å². The number of unbranched alkanes of at least 4 members (excludes halogenated alkanes) is 33. The van der Waals surface area contributed by atoms with Gasteiger partial charge in [0.25, 0.3) is 0 Å². The van der Waals surface area contributed by atoms with Crippen LogP contribution in [0.2, 0.25) is 0 Å². The second kappa shape index (κ2) is 49.5. The molecule has 0 aliphatic carbocycles. The first-order chi connectivity index (χ1) is 29.5. The molecule has 0 aromatic rings. The summed E-state index contributed by atoms with van der Waals surface area (Å²) in [5, 5.41) is 0. The van der Waals surface area contributed by atoms with Gasteiger partial charge in [-0.2, -0.15) is 0 Å². The van der Waals surface area contributed by atoms with E-state index in [1.54, 1.807) is 0 Å². The van der Waals surface area contributed by atoms with Crippen LogP contribution in [-0.2, 0) is 28.6 Å². The molecule has 0 saturated carbocycles. The van der Waals surface area contributed by atoms with Gasteiger partial charge in [0.05, 0.1) is 0 Å². The molecule has 0 bridgehead atoms. The average Bonchev–Trinajstić information content (AvgIpc) is 3.24. The lowest BCUT2D eigenvalue weighted by molar-refractivity contribution is -0.167. The first-order valence-corrected chi connectivity index (χ1v) is 26.3. The molecule has 0 amide bonds. The van der Waals surface area contributed by atoms with Crippen molar-refractivity contribution in [1.82, 2.24) is 0 Å². The van der Waals surface area contributed by atoms with Crippen LogP contribution in [-0.4, -0.2) is 37.2 Å². The zero-order valence-corrected chi connectivity index (χ0v) is 40.2. The molecule has 0 aromatic heterocycles. The van der Waals surface area contributed by atoms with Crippen molar-refractivity contribution in [2.45, 2.75) is 290 Å². The van der Waals surface area contributed by atoms with E-state index in [0.717, 1.165) is 77.0 Å². The summed E-state index contributed by atoms with van der Waals surface area (Å²) in [5.41, 5.74) is 0. The third kappa shape index (κ3) is 46.9. The molecule has 0 saturated heterocycles. The molecule has 0 fully saturated rings. The van der Waals surface area contributed by atoms with E-state index in [4.69, 9.17) is 14.2 Å². The molecular weight excluding hydrogens is 745 g/mol. The van der Waals surface area contributed by atoms with E-state index < -0.39 is 6.10 Å². The summed E-state index contributed by atoms with van der Waals surface area (Å²) in [7, 11) is 0. The molecule has 0 heterocycles. The van der Waals surface area contributed by atoms with Gasteiger partial charge in [-0.15, -0.1) is 0 Å². The summed E-state index contributed by atoms with van der Waals surface area (Å²) in [4.78, 5) is 37.9. The highest BCUT2D eigenvalue weighted by Crippen LogP contribution is 2.15. The summed E-state index contributed by atoms with van der Waals surface area (Å²) in [5.74, 6) is -0.890. The highest BCUT2D eigenvalue weighted by Gasteiger charge is 2.19. The molecule has 0 spiro atoms. The Morgan fingerprint density at radius 2 is 0.550 bits per heavy atom. The van der Waals surface area contributed by atoms with Crippen molar-refractivity contribution in [2.24, 2.45) is 0 Å². The monoisotopic (exact) mass is 845 g/mol. The number of hydrogen-bond donors (Lipinski definition) is 0. The van der Waals surface area contributed by atoms with Gasteiger partial charge in [-0.05, 0) is 70.6 Å². The Balaban J connectivity index is 4.33. The van der Waals surface area contributed by atoms with Gasteiger partial charge in [-0.3, -0.25) is 14.4 Å². The van der Waals surface area contributed by atoms with Gasteiger partial charge < -0.3 is 14.2 Å². The van der Waals surface area contributed by atoms with Crippen molar-refractivity contribution in [3.63, 3.8) is 0 Å². The summed E-state index contributed by atoms with van der Waals surface area (Å²) >= 11 is 0. The number of carbonyl (C=O) groups excluding carboxylic acids is 3. The van der Waals surface area contributed by atoms with Gasteiger partial charge in [0.2, 0.25) is 0 Å². The van der Waals surface area contributed by atoms with Gasteiger partial charge >= 0.3 is 17.9 Å². The maximum atomic E-state index is 12.8. The summed E-state index contributed by atoms with van der Waals surface area (Å²) < 4.78 is 16.8. The maximum Gasteiger partial charge on any atom is 0.306 e. The summed E-state index contributed by atoms with van der Waals surface area (Å²) in [6.07, 6.45) is 55.9. The van der Waals surface area contributed by atoms with Crippen molar-refractivity contribution in [2.75, 3.05) is 13.2 Å².